The number of hydrogen-bond acceptors (Lipinski definition) is 4. The van der Waals surface area contributed by atoms with Crippen LogP contribution in [0.1, 0.15) is 10.5 Å². The molecule has 1 aliphatic heterocycles. The van der Waals surface area contributed by atoms with Crippen LogP contribution in [0.5, 0.6) is 0 Å². The Balaban J connectivity index is 1.77. The fourth-order valence-corrected chi connectivity index (χ4v) is 2.64. The maximum Gasteiger partial charge on any atom is 0.271 e. The fourth-order valence-electron chi connectivity index (χ4n) is 2.64. The van der Waals surface area contributed by atoms with Gasteiger partial charge in [0.1, 0.15) is 11.4 Å². The lowest BCUT2D eigenvalue weighted by Crippen LogP contribution is -2.37. The van der Waals surface area contributed by atoms with Gasteiger partial charge in [-0.05, 0) is 18.2 Å². The quantitative estimate of drug-likeness (QED) is 0.865. The molecule has 2 N–H and O–H groups in total. The van der Waals surface area contributed by atoms with Gasteiger partial charge in [-0.15, -0.1) is 0 Å². The molecule has 1 fully saturated rings. The number of aliphatic hydroxyl groups excluding tert-OH is 1. The summed E-state index contributed by atoms with van der Waals surface area (Å²) in [7, 11) is 1.93. The number of aliphatic hydroxyl groups is 1. The van der Waals surface area contributed by atoms with Crippen molar-refractivity contribution in [3.63, 3.8) is 0 Å². The Morgan fingerprint density at radius 2 is 2.45 bits per heavy atom. The van der Waals surface area contributed by atoms with Crippen LogP contribution < -0.4 is 0 Å². The third kappa shape index (κ3) is 2.90. The van der Waals surface area contributed by atoms with E-state index in [2.05, 4.69) is 10.2 Å². The van der Waals surface area contributed by atoms with Gasteiger partial charge in [0.25, 0.3) is 5.91 Å². The van der Waals surface area contributed by atoms with E-state index in [1.807, 2.05) is 29.9 Å². The molecule has 0 aromatic carbocycles. The van der Waals surface area contributed by atoms with E-state index >= 15 is 0 Å². The molecule has 7 nitrogen and oxygen atoms in total. The number of aryl methyl sites for hydroxylation is 1. The molecule has 3 heterocycles. The van der Waals surface area contributed by atoms with E-state index in [9.17, 15) is 9.90 Å². The summed E-state index contributed by atoms with van der Waals surface area (Å²) in [5.41, 5.74) is 2.14. The number of aromatic amines is 1. The number of amides is 1. The van der Waals surface area contributed by atoms with Gasteiger partial charge < -0.3 is 19.3 Å². The Morgan fingerprint density at radius 3 is 3.18 bits per heavy atom. The van der Waals surface area contributed by atoms with Gasteiger partial charge in [0.2, 0.25) is 0 Å². The highest BCUT2D eigenvalue weighted by Crippen LogP contribution is 2.19. The summed E-state index contributed by atoms with van der Waals surface area (Å²) >= 11 is 0. The van der Waals surface area contributed by atoms with Crippen LogP contribution in [0.15, 0.2) is 24.4 Å². The topological polar surface area (TPSA) is 83.4 Å². The third-order valence-electron chi connectivity index (χ3n) is 3.90. The summed E-state index contributed by atoms with van der Waals surface area (Å²) in [6.07, 6.45) is 1.93. The number of hydrogen-bond donors (Lipinski definition) is 2. The summed E-state index contributed by atoms with van der Waals surface area (Å²) in [6, 6.07) is 5.65. The number of ether oxygens (including phenoxy) is 1. The molecule has 0 radical (unpaired) electrons. The molecule has 0 unspecified atom stereocenters. The van der Waals surface area contributed by atoms with Gasteiger partial charge in [-0.1, -0.05) is 0 Å². The van der Waals surface area contributed by atoms with Crippen molar-refractivity contribution in [3.8, 4) is 11.4 Å². The van der Waals surface area contributed by atoms with Gasteiger partial charge in [-0.25, -0.2) is 0 Å². The second-order valence-electron chi connectivity index (χ2n) is 5.55. The van der Waals surface area contributed by atoms with Gasteiger partial charge in [0, 0.05) is 38.9 Å². The zero-order chi connectivity index (χ0) is 15.5. The minimum Gasteiger partial charge on any atom is -0.396 e. The lowest BCUT2D eigenvalue weighted by atomic mass is 10.1. The molecule has 0 aliphatic carbocycles. The Kier molecular flexibility index (Phi) is 4.26. The molecule has 7 heteroatoms. The zero-order valence-electron chi connectivity index (χ0n) is 12.5. The van der Waals surface area contributed by atoms with E-state index in [1.165, 1.54) is 0 Å². The number of carbonyl (C=O) groups excluding carboxylic acids is 1. The van der Waals surface area contributed by atoms with Crippen molar-refractivity contribution >= 4 is 5.91 Å². The molecule has 1 amide bonds. The van der Waals surface area contributed by atoms with E-state index < -0.39 is 0 Å². The standard InChI is InChI=1S/C15H20N4O3/c1-18-4-2-3-14(18)12-7-13(17-16-12)15(21)19-5-6-22-10-11(8-19)9-20/h2-4,7,11,20H,5-6,8-10H2,1H3,(H,16,17)/t11-/m1/s1. The zero-order valence-corrected chi connectivity index (χ0v) is 12.5. The summed E-state index contributed by atoms with van der Waals surface area (Å²) in [6.45, 7) is 2.00. The molecule has 1 aliphatic rings. The predicted molar refractivity (Wildman–Crippen MR) is 80.3 cm³/mol. The Labute approximate surface area is 128 Å². The number of nitrogens with zero attached hydrogens (tertiary/aromatic N) is 3. The van der Waals surface area contributed by atoms with Crippen LogP contribution in [0.3, 0.4) is 0 Å². The normalized spacial score (nSPS) is 19.2. The molecular formula is C15H20N4O3. The van der Waals surface area contributed by atoms with Crippen LogP contribution in [-0.4, -0.2) is 63.6 Å². The van der Waals surface area contributed by atoms with Crippen molar-refractivity contribution in [3.05, 3.63) is 30.1 Å². The summed E-state index contributed by atoms with van der Waals surface area (Å²) in [4.78, 5) is 14.3. The second-order valence-corrected chi connectivity index (χ2v) is 5.55. The first kappa shape index (κ1) is 14.8. The van der Waals surface area contributed by atoms with Crippen molar-refractivity contribution < 1.29 is 14.6 Å². The third-order valence-corrected chi connectivity index (χ3v) is 3.90. The number of aromatic nitrogens is 3. The average molecular weight is 304 g/mol. The van der Waals surface area contributed by atoms with E-state index in [1.54, 1.807) is 11.0 Å². The molecule has 2 aromatic rings. The van der Waals surface area contributed by atoms with Crippen LogP contribution in [0, 0.1) is 5.92 Å². The maximum atomic E-state index is 12.6. The van der Waals surface area contributed by atoms with Gasteiger partial charge in [0.05, 0.1) is 18.9 Å². The highest BCUT2D eigenvalue weighted by atomic mass is 16.5. The number of carbonyl (C=O) groups is 1. The van der Waals surface area contributed by atoms with Gasteiger partial charge in [-0.3, -0.25) is 9.89 Å². The van der Waals surface area contributed by atoms with E-state index in [-0.39, 0.29) is 18.4 Å². The molecule has 0 bridgehead atoms. The molecule has 1 atom stereocenters. The largest absolute Gasteiger partial charge is 0.396 e. The Morgan fingerprint density at radius 1 is 1.59 bits per heavy atom. The molecule has 3 rings (SSSR count). The van der Waals surface area contributed by atoms with E-state index in [0.717, 1.165) is 11.4 Å². The first-order valence-corrected chi connectivity index (χ1v) is 7.34. The lowest BCUT2D eigenvalue weighted by Gasteiger charge is -2.21. The van der Waals surface area contributed by atoms with Gasteiger partial charge in [0.15, 0.2) is 0 Å². The number of nitrogens with one attached hydrogen (secondary N) is 1. The molecule has 0 saturated carbocycles. The Hall–Kier alpha value is -2.12. The second kappa shape index (κ2) is 6.33. The Bertz CT molecular complexity index is 649. The molecule has 0 spiro atoms. The number of rotatable bonds is 3. The van der Waals surface area contributed by atoms with Crippen LogP contribution in [0.4, 0.5) is 0 Å². The van der Waals surface area contributed by atoms with Crippen molar-refractivity contribution in [2.75, 3.05) is 32.9 Å². The van der Waals surface area contributed by atoms with E-state index in [4.69, 9.17) is 4.74 Å². The fraction of sp³-hybridized carbons (Fsp3) is 0.467. The summed E-state index contributed by atoms with van der Waals surface area (Å²) in [5.74, 6) is -0.154. The maximum absolute atomic E-state index is 12.6. The summed E-state index contributed by atoms with van der Waals surface area (Å²) in [5, 5.41) is 16.3. The smallest absolute Gasteiger partial charge is 0.271 e. The SMILES string of the molecule is Cn1cccc1-c1cc(C(=O)N2CCOC[C@@H](CO)C2)[nH]n1. The van der Waals surface area contributed by atoms with Gasteiger partial charge >= 0.3 is 0 Å². The predicted octanol–water partition coefficient (Wildman–Crippen LogP) is 0.496. The molecular weight excluding hydrogens is 284 g/mol. The van der Waals surface area contributed by atoms with Gasteiger partial charge in [-0.2, -0.15) is 5.10 Å². The molecule has 1 saturated heterocycles. The average Bonchev–Trinajstić information content (AvgIpc) is 3.09. The van der Waals surface area contributed by atoms with Crippen molar-refractivity contribution in [2.45, 2.75) is 0 Å². The highest BCUT2D eigenvalue weighted by molar-refractivity contribution is 5.93. The minimum absolute atomic E-state index is 0.0152. The van der Waals surface area contributed by atoms with Crippen LogP contribution >= 0.6 is 0 Å². The van der Waals surface area contributed by atoms with Crippen LogP contribution in [0.2, 0.25) is 0 Å². The number of H-pyrrole nitrogens is 1. The van der Waals surface area contributed by atoms with Crippen molar-refractivity contribution in [1.29, 1.82) is 0 Å². The lowest BCUT2D eigenvalue weighted by molar-refractivity contribution is 0.0722. The first-order valence-electron chi connectivity index (χ1n) is 7.34. The minimum atomic E-state index is -0.114. The van der Waals surface area contributed by atoms with Crippen LogP contribution in [-0.2, 0) is 11.8 Å². The molecule has 2 aromatic heterocycles. The summed E-state index contributed by atoms with van der Waals surface area (Å²) < 4.78 is 7.36. The highest BCUT2D eigenvalue weighted by Gasteiger charge is 2.24. The monoisotopic (exact) mass is 304 g/mol. The van der Waals surface area contributed by atoms with E-state index in [0.29, 0.717) is 32.0 Å². The van der Waals surface area contributed by atoms with Crippen LogP contribution in [0.25, 0.3) is 11.4 Å². The molecule has 22 heavy (non-hydrogen) atoms. The molecule has 118 valence electrons. The first-order chi connectivity index (χ1) is 10.7. The van der Waals surface area contributed by atoms with Crippen molar-refractivity contribution in [1.82, 2.24) is 19.7 Å². The van der Waals surface area contributed by atoms with Crippen molar-refractivity contribution in [2.24, 2.45) is 13.0 Å².